The van der Waals surface area contributed by atoms with Crippen LogP contribution in [-0.2, 0) is 11.2 Å². The Bertz CT molecular complexity index is 561. The van der Waals surface area contributed by atoms with E-state index in [9.17, 15) is 0 Å². The monoisotopic (exact) mass is 213 g/mol. The molecule has 2 aromatic rings. The molecule has 0 atom stereocenters. The van der Waals surface area contributed by atoms with Gasteiger partial charge in [0.05, 0.1) is 25.5 Å². The minimum atomic E-state index is -0.341. The fourth-order valence-electron chi connectivity index (χ4n) is 2.09. The zero-order valence-electron chi connectivity index (χ0n) is 8.77. The van der Waals surface area contributed by atoms with Crippen LogP contribution in [0.15, 0.2) is 34.9 Å². The summed E-state index contributed by atoms with van der Waals surface area (Å²) in [6.45, 7) is 1.06. The van der Waals surface area contributed by atoms with E-state index in [1.165, 1.54) is 0 Å². The highest BCUT2D eigenvalue weighted by Gasteiger charge is 2.39. The van der Waals surface area contributed by atoms with Crippen molar-refractivity contribution in [3.05, 3.63) is 36.1 Å². The van der Waals surface area contributed by atoms with Gasteiger partial charge in [0.1, 0.15) is 11.0 Å². The molecule has 1 aliphatic rings. The van der Waals surface area contributed by atoms with E-state index in [1.807, 2.05) is 24.3 Å². The lowest BCUT2D eigenvalue weighted by atomic mass is 9.81. The lowest BCUT2D eigenvalue weighted by molar-refractivity contribution is -0.0764. The Morgan fingerprint density at radius 3 is 2.81 bits per heavy atom. The van der Waals surface area contributed by atoms with E-state index in [2.05, 4.69) is 6.07 Å². The van der Waals surface area contributed by atoms with Crippen LogP contribution in [0.4, 0.5) is 0 Å². The van der Waals surface area contributed by atoms with Gasteiger partial charge in [0.25, 0.3) is 0 Å². The van der Waals surface area contributed by atoms with Gasteiger partial charge in [-0.25, -0.2) is 0 Å². The molecule has 0 radical (unpaired) electrons. The van der Waals surface area contributed by atoms with E-state index in [-0.39, 0.29) is 5.41 Å². The number of furan rings is 1. The van der Waals surface area contributed by atoms with Gasteiger partial charge in [-0.05, 0) is 18.1 Å². The van der Waals surface area contributed by atoms with Gasteiger partial charge >= 0.3 is 0 Å². The zero-order valence-corrected chi connectivity index (χ0v) is 8.77. The zero-order chi connectivity index (χ0) is 11.0. The number of benzene rings is 1. The molecule has 3 nitrogen and oxygen atoms in total. The van der Waals surface area contributed by atoms with Gasteiger partial charge in [0, 0.05) is 5.39 Å². The van der Waals surface area contributed by atoms with E-state index < -0.39 is 0 Å². The van der Waals surface area contributed by atoms with Gasteiger partial charge in [-0.15, -0.1) is 0 Å². The maximum Gasteiger partial charge on any atom is 0.134 e. The largest absolute Gasteiger partial charge is 0.464 e. The van der Waals surface area contributed by atoms with Crippen LogP contribution < -0.4 is 0 Å². The molecule has 0 spiro atoms. The van der Waals surface area contributed by atoms with E-state index in [0.717, 1.165) is 16.5 Å². The topological polar surface area (TPSA) is 46.2 Å². The molecule has 3 rings (SSSR count). The lowest BCUT2D eigenvalue weighted by Crippen LogP contribution is -2.42. The fraction of sp³-hybridized carbons (Fsp3) is 0.308. The van der Waals surface area contributed by atoms with Gasteiger partial charge in [0.2, 0.25) is 0 Å². The highest BCUT2D eigenvalue weighted by Crippen LogP contribution is 2.34. The minimum absolute atomic E-state index is 0.341. The molecule has 0 bridgehead atoms. The van der Waals surface area contributed by atoms with Gasteiger partial charge in [-0.3, -0.25) is 0 Å². The Balaban J connectivity index is 1.98. The van der Waals surface area contributed by atoms with Crippen LogP contribution in [0.25, 0.3) is 11.0 Å². The normalized spacial score (nSPS) is 17.9. The summed E-state index contributed by atoms with van der Waals surface area (Å²) < 4.78 is 10.6. The SMILES string of the molecule is N#CC1(Cc2coc3ccccc23)COC1. The number of fused-ring (bicyclic) bond motifs is 1. The van der Waals surface area contributed by atoms with Crippen LogP contribution in [0.2, 0.25) is 0 Å². The third-order valence-corrected chi connectivity index (χ3v) is 3.08. The molecule has 1 fully saturated rings. The third-order valence-electron chi connectivity index (χ3n) is 3.08. The average molecular weight is 213 g/mol. The van der Waals surface area contributed by atoms with Crippen molar-refractivity contribution in [2.24, 2.45) is 5.41 Å². The van der Waals surface area contributed by atoms with Gasteiger partial charge in [0.15, 0.2) is 0 Å². The average Bonchev–Trinajstić information content (AvgIpc) is 2.67. The summed E-state index contributed by atoms with van der Waals surface area (Å²) in [7, 11) is 0. The first-order valence-electron chi connectivity index (χ1n) is 5.27. The van der Waals surface area contributed by atoms with E-state index in [1.54, 1.807) is 6.26 Å². The van der Waals surface area contributed by atoms with E-state index >= 15 is 0 Å². The number of hydrogen-bond acceptors (Lipinski definition) is 3. The second-order valence-corrected chi connectivity index (χ2v) is 4.32. The Hall–Kier alpha value is -1.79. The van der Waals surface area contributed by atoms with Crippen LogP contribution in [0, 0.1) is 16.7 Å². The van der Waals surface area contributed by atoms with Crippen LogP contribution in [0.3, 0.4) is 0 Å². The highest BCUT2D eigenvalue weighted by molar-refractivity contribution is 5.81. The Morgan fingerprint density at radius 2 is 2.12 bits per heavy atom. The molecule has 2 heterocycles. The second-order valence-electron chi connectivity index (χ2n) is 4.32. The highest BCUT2D eigenvalue weighted by atomic mass is 16.5. The number of nitrogens with zero attached hydrogens (tertiary/aromatic N) is 1. The fourth-order valence-corrected chi connectivity index (χ4v) is 2.09. The van der Waals surface area contributed by atoms with Crippen LogP contribution in [0.5, 0.6) is 0 Å². The molecule has 1 aliphatic heterocycles. The van der Waals surface area contributed by atoms with Crippen molar-refractivity contribution < 1.29 is 9.15 Å². The molecule has 1 saturated heterocycles. The third kappa shape index (κ3) is 1.31. The molecule has 0 N–H and O–H groups in total. The number of ether oxygens (including phenoxy) is 1. The first-order chi connectivity index (χ1) is 7.83. The number of nitriles is 1. The molecular formula is C13H11NO2. The van der Waals surface area contributed by atoms with Crippen molar-refractivity contribution in [1.29, 1.82) is 5.26 Å². The maximum absolute atomic E-state index is 9.15. The Kier molecular flexibility index (Phi) is 1.98. The van der Waals surface area contributed by atoms with E-state index in [0.29, 0.717) is 19.6 Å². The Labute approximate surface area is 93.2 Å². The van der Waals surface area contributed by atoms with Crippen molar-refractivity contribution in [1.82, 2.24) is 0 Å². The van der Waals surface area contributed by atoms with Crippen molar-refractivity contribution in [2.75, 3.05) is 13.2 Å². The maximum atomic E-state index is 9.15. The first kappa shape index (κ1) is 9.44. The van der Waals surface area contributed by atoms with Crippen molar-refractivity contribution >= 4 is 11.0 Å². The quantitative estimate of drug-likeness (QED) is 0.770. The summed E-state index contributed by atoms with van der Waals surface area (Å²) in [6.07, 6.45) is 2.46. The van der Waals surface area contributed by atoms with Crippen molar-refractivity contribution in [2.45, 2.75) is 6.42 Å². The molecular weight excluding hydrogens is 202 g/mol. The number of rotatable bonds is 2. The lowest BCUT2D eigenvalue weighted by Gasteiger charge is -2.34. The minimum Gasteiger partial charge on any atom is -0.464 e. The summed E-state index contributed by atoms with van der Waals surface area (Å²) in [5.41, 5.74) is 1.64. The molecule has 0 saturated carbocycles. The molecule has 0 unspecified atom stereocenters. The summed E-state index contributed by atoms with van der Waals surface area (Å²) in [6, 6.07) is 10.2. The summed E-state index contributed by atoms with van der Waals surface area (Å²) in [5.74, 6) is 0. The van der Waals surface area contributed by atoms with Crippen molar-refractivity contribution in [3.63, 3.8) is 0 Å². The molecule has 3 heteroatoms. The molecule has 0 aliphatic carbocycles. The molecule has 16 heavy (non-hydrogen) atoms. The van der Waals surface area contributed by atoms with Crippen LogP contribution in [0.1, 0.15) is 5.56 Å². The molecule has 1 aromatic carbocycles. The Morgan fingerprint density at radius 1 is 1.31 bits per heavy atom. The molecule has 0 amide bonds. The van der Waals surface area contributed by atoms with Gasteiger partial charge in [-0.1, -0.05) is 18.2 Å². The predicted octanol–water partition coefficient (Wildman–Crippen LogP) is 2.52. The molecule has 1 aromatic heterocycles. The van der Waals surface area contributed by atoms with Gasteiger partial charge < -0.3 is 9.15 Å². The van der Waals surface area contributed by atoms with Crippen LogP contribution in [-0.4, -0.2) is 13.2 Å². The van der Waals surface area contributed by atoms with Gasteiger partial charge in [-0.2, -0.15) is 5.26 Å². The second kappa shape index (κ2) is 3.36. The number of hydrogen-bond donors (Lipinski definition) is 0. The summed E-state index contributed by atoms with van der Waals surface area (Å²) in [5, 5.41) is 10.2. The standard InChI is InChI=1S/C13H11NO2/c14-7-13(8-15-9-13)5-10-6-16-12-4-2-1-3-11(10)12/h1-4,6H,5,8-9H2. The van der Waals surface area contributed by atoms with Crippen LogP contribution >= 0.6 is 0 Å². The summed E-state index contributed by atoms with van der Waals surface area (Å²) >= 11 is 0. The smallest absolute Gasteiger partial charge is 0.134 e. The predicted molar refractivity (Wildman–Crippen MR) is 58.8 cm³/mol. The number of para-hydroxylation sites is 1. The summed E-state index contributed by atoms with van der Waals surface area (Å²) in [4.78, 5) is 0. The first-order valence-corrected chi connectivity index (χ1v) is 5.27. The molecule has 80 valence electrons. The van der Waals surface area contributed by atoms with Crippen molar-refractivity contribution in [3.8, 4) is 6.07 Å². The van der Waals surface area contributed by atoms with E-state index in [4.69, 9.17) is 14.4 Å².